The minimum Gasteiger partial charge on any atom is -0.318 e. The normalized spacial score (nSPS) is 10.6. The Labute approximate surface area is 128 Å². The third kappa shape index (κ3) is 5.13. The molecule has 2 amide bonds. The second-order valence-electron chi connectivity index (χ2n) is 4.83. The molecule has 0 aliphatic carbocycles. The molecule has 0 radical (unpaired) electrons. The lowest BCUT2D eigenvalue weighted by atomic mass is 10.4. The number of nitrogens with zero attached hydrogens (tertiary/aromatic N) is 4. The number of carbonyl (C=O) groups is 1. The second kappa shape index (κ2) is 7.70. The summed E-state index contributed by atoms with van der Waals surface area (Å²) in [6, 6.07) is 5.55. The van der Waals surface area contributed by atoms with Gasteiger partial charge in [0.1, 0.15) is 12.1 Å². The predicted molar refractivity (Wildman–Crippen MR) is 84.3 cm³/mol. The van der Waals surface area contributed by atoms with Crippen molar-refractivity contribution in [2.24, 2.45) is 0 Å². The fraction of sp³-hybridized carbons (Fsp3) is 0.357. The smallest absolute Gasteiger partial charge is 0.318 e. The second-order valence-corrected chi connectivity index (χ2v) is 5.86. The Morgan fingerprint density at radius 2 is 2.19 bits per heavy atom. The molecule has 0 spiro atoms. The molecule has 2 heterocycles. The Morgan fingerprint density at radius 1 is 1.33 bits per heavy atom. The van der Waals surface area contributed by atoms with Crippen molar-refractivity contribution in [2.45, 2.75) is 6.54 Å². The number of urea groups is 1. The van der Waals surface area contributed by atoms with Gasteiger partial charge in [0.15, 0.2) is 0 Å². The van der Waals surface area contributed by atoms with Crippen molar-refractivity contribution >= 4 is 23.2 Å². The van der Waals surface area contributed by atoms with Crippen LogP contribution in [0, 0.1) is 0 Å². The van der Waals surface area contributed by atoms with Gasteiger partial charge in [0.25, 0.3) is 0 Å². The van der Waals surface area contributed by atoms with Crippen molar-refractivity contribution in [2.75, 3.05) is 32.5 Å². The van der Waals surface area contributed by atoms with Gasteiger partial charge in [-0.15, -0.1) is 11.3 Å². The van der Waals surface area contributed by atoms with Gasteiger partial charge in [-0.25, -0.2) is 14.8 Å². The van der Waals surface area contributed by atoms with Crippen LogP contribution in [-0.4, -0.2) is 53.0 Å². The Kier molecular flexibility index (Phi) is 5.65. The van der Waals surface area contributed by atoms with Crippen LogP contribution in [0.3, 0.4) is 0 Å². The number of anilines is 1. The minimum atomic E-state index is -0.149. The van der Waals surface area contributed by atoms with Crippen LogP contribution in [0.15, 0.2) is 36.1 Å². The highest BCUT2D eigenvalue weighted by Gasteiger charge is 2.15. The van der Waals surface area contributed by atoms with Gasteiger partial charge >= 0.3 is 6.03 Å². The fourth-order valence-electron chi connectivity index (χ4n) is 1.72. The molecule has 6 nitrogen and oxygen atoms in total. The summed E-state index contributed by atoms with van der Waals surface area (Å²) in [5.41, 5.74) is 0. The first-order valence-corrected chi connectivity index (χ1v) is 7.52. The van der Waals surface area contributed by atoms with E-state index in [2.05, 4.69) is 20.2 Å². The minimum absolute atomic E-state index is 0.149. The molecule has 0 bridgehead atoms. The summed E-state index contributed by atoms with van der Waals surface area (Å²) >= 11 is 1.65. The van der Waals surface area contributed by atoms with Crippen LogP contribution in [0.1, 0.15) is 4.88 Å². The summed E-state index contributed by atoms with van der Waals surface area (Å²) in [6.07, 6.45) is 3.02. The van der Waals surface area contributed by atoms with Gasteiger partial charge in [0.2, 0.25) is 0 Å². The molecule has 0 aliphatic heterocycles. The largest absolute Gasteiger partial charge is 0.323 e. The summed E-state index contributed by atoms with van der Waals surface area (Å²) in [5.74, 6) is 0.510. The average Bonchev–Trinajstić information content (AvgIpc) is 2.97. The number of likely N-dealkylation sites (N-methyl/N-ethyl adjacent to an activating group) is 1. The highest BCUT2D eigenvalue weighted by Crippen LogP contribution is 2.13. The van der Waals surface area contributed by atoms with Crippen LogP contribution < -0.4 is 5.32 Å². The van der Waals surface area contributed by atoms with E-state index in [9.17, 15) is 4.79 Å². The SMILES string of the molecule is CN(C)CCN(Cc1cccs1)C(=O)Nc1ccncn1. The molecule has 7 heteroatoms. The highest BCUT2D eigenvalue weighted by atomic mass is 32.1. The van der Waals surface area contributed by atoms with Crippen molar-refractivity contribution in [3.05, 3.63) is 41.0 Å². The number of rotatable bonds is 6. The Balaban J connectivity index is 2.01. The number of hydrogen-bond acceptors (Lipinski definition) is 5. The van der Waals surface area contributed by atoms with E-state index in [1.54, 1.807) is 28.5 Å². The topological polar surface area (TPSA) is 61.4 Å². The molecule has 21 heavy (non-hydrogen) atoms. The molecule has 0 aromatic carbocycles. The summed E-state index contributed by atoms with van der Waals surface area (Å²) in [4.78, 5) is 25.2. The molecule has 2 aromatic rings. The van der Waals surface area contributed by atoms with Crippen LogP contribution in [0.5, 0.6) is 0 Å². The highest BCUT2D eigenvalue weighted by molar-refractivity contribution is 7.09. The van der Waals surface area contributed by atoms with E-state index in [1.807, 2.05) is 31.6 Å². The first-order chi connectivity index (χ1) is 10.1. The first-order valence-electron chi connectivity index (χ1n) is 6.64. The molecule has 0 unspecified atom stereocenters. The number of amides is 2. The van der Waals surface area contributed by atoms with Crippen LogP contribution in [0.4, 0.5) is 10.6 Å². The number of thiophene rings is 1. The average molecular weight is 305 g/mol. The molecule has 0 fully saturated rings. The zero-order valence-corrected chi connectivity index (χ0v) is 13.0. The summed E-state index contributed by atoms with van der Waals surface area (Å²) in [5, 5.41) is 4.82. The molecule has 2 aromatic heterocycles. The quantitative estimate of drug-likeness (QED) is 0.888. The summed E-state index contributed by atoms with van der Waals surface area (Å²) in [7, 11) is 3.98. The van der Waals surface area contributed by atoms with Crippen molar-refractivity contribution in [1.29, 1.82) is 0 Å². The van der Waals surface area contributed by atoms with E-state index >= 15 is 0 Å². The molecule has 0 aliphatic rings. The van der Waals surface area contributed by atoms with E-state index in [0.29, 0.717) is 18.9 Å². The maximum Gasteiger partial charge on any atom is 0.323 e. The Bertz CT molecular complexity index is 544. The lowest BCUT2D eigenvalue weighted by molar-refractivity contribution is 0.202. The Hall–Kier alpha value is -1.99. The maximum atomic E-state index is 12.4. The van der Waals surface area contributed by atoms with E-state index in [1.165, 1.54) is 6.33 Å². The summed E-state index contributed by atoms with van der Waals surface area (Å²) in [6.45, 7) is 2.06. The Morgan fingerprint density at radius 3 is 2.81 bits per heavy atom. The standard InChI is InChI=1S/C14H19N5OS/c1-18(2)7-8-19(10-12-4-3-9-21-12)14(20)17-13-5-6-15-11-16-13/h3-6,9,11H,7-8,10H2,1-2H3,(H,15,16,17,20). The number of nitrogens with one attached hydrogen (secondary N) is 1. The van der Waals surface area contributed by atoms with E-state index in [0.717, 1.165) is 11.4 Å². The van der Waals surface area contributed by atoms with Gasteiger partial charge in [-0.3, -0.25) is 5.32 Å². The van der Waals surface area contributed by atoms with Crippen molar-refractivity contribution in [1.82, 2.24) is 19.8 Å². The van der Waals surface area contributed by atoms with Crippen molar-refractivity contribution < 1.29 is 4.79 Å². The van der Waals surface area contributed by atoms with Crippen LogP contribution in [-0.2, 0) is 6.54 Å². The van der Waals surface area contributed by atoms with E-state index in [-0.39, 0.29) is 6.03 Å². The van der Waals surface area contributed by atoms with Crippen molar-refractivity contribution in [3.63, 3.8) is 0 Å². The number of carbonyl (C=O) groups excluding carboxylic acids is 1. The lowest BCUT2D eigenvalue weighted by Gasteiger charge is -2.24. The molecule has 112 valence electrons. The van der Waals surface area contributed by atoms with Crippen LogP contribution >= 0.6 is 11.3 Å². The van der Waals surface area contributed by atoms with Gasteiger partial charge in [-0.1, -0.05) is 6.07 Å². The molecule has 0 saturated heterocycles. The third-order valence-corrected chi connectivity index (χ3v) is 3.71. The molecular formula is C14H19N5OS. The lowest BCUT2D eigenvalue weighted by Crippen LogP contribution is -2.38. The van der Waals surface area contributed by atoms with Gasteiger partial charge < -0.3 is 9.80 Å². The predicted octanol–water partition coefficient (Wildman–Crippen LogP) is 2.13. The monoisotopic (exact) mass is 305 g/mol. The number of aromatic nitrogens is 2. The fourth-order valence-corrected chi connectivity index (χ4v) is 2.44. The number of hydrogen-bond donors (Lipinski definition) is 1. The molecule has 0 saturated carbocycles. The zero-order valence-electron chi connectivity index (χ0n) is 12.2. The third-order valence-electron chi connectivity index (χ3n) is 2.85. The zero-order chi connectivity index (χ0) is 15.1. The van der Waals surface area contributed by atoms with Gasteiger partial charge in [0.05, 0.1) is 6.54 Å². The summed E-state index contributed by atoms with van der Waals surface area (Å²) < 4.78 is 0. The molecule has 2 rings (SSSR count). The van der Waals surface area contributed by atoms with E-state index < -0.39 is 0 Å². The van der Waals surface area contributed by atoms with Crippen molar-refractivity contribution in [3.8, 4) is 0 Å². The first kappa shape index (κ1) is 15.4. The van der Waals surface area contributed by atoms with Crippen LogP contribution in [0.25, 0.3) is 0 Å². The van der Waals surface area contributed by atoms with E-state index in [4.69, 9.17) is 0 Å². The van der Waals surface area contributed by atoms with Crippen LogP contribution in [0.2, 0.25) is 0 Å². The van der Waals surface area contributed by atoms with Gasteiger partial charge in [-0.2, -0.15) is 0 Å². The molecular weight excluding hydrogens is 286 g/mol. The van der Waals surface area contributed by atoms with Gasteiger partial charge in [0, 0.05) is 24.2 Å². The maximum absolute atomic E-state index is 12.4. The molecule has 0 atom stereocenters. The molecule has 1 N–H and O–H groups in total. The van der Waals surface area contributed by atoms with Gasteiger partial charge in [-0.05, 0) is 31.6 Å².